The minimum atomic E-state index is 0.248. The van der Waals surface area contributed by atoms with E-state index in [0.717, 1.165) is 19.5 Å². The van der Waals surface area contributed by atoms with E-state index in [1.54, 1.807) is 0 Å². The Hall–Kier alpha value is -0.860. The summed E-state index contributed by atoms with van der Waals surface area (Å²) >= 11 is 0. The zero-order valence-corrected chi connectivity index (χ0v) is 10.7. The molecule has 0 amide bonds. The number of rotatable bonds is 6. The number of hydrogen-bond donors (Lipinski definition) is 1. The van der Waals surface area contributed by atoms with Crippen LogP contribution < -0.4 is 5.73 Å². The Balaban J connectivity index is 2.44. The molecule has 2 heteroatoms. The topological polar surface area (TPSA) is 29.3 Å². The molecule has 0 bridgehead atoms. The van der Waals surface area contributed by atoms with Gasteiger partial charge in [-0.2, -0.15) is 0 Å². The van der Waals surface area contributed by atoms with E-state index in [1.165, 1.54) is 5.56 Å². The van der Waals surface area contributed by atoms with Gasteiger partial charge in [0, 0.05) is 25.2 Å². The van der Waals surface area contributed by atoms with Crippen LogP contribution in [-0.4, -0.2) is 30.1 Å². The highest BCUT2D eigenvalue weighted by Crippen LogP contribution is 2.05. The molecule has 0 aliphatic rings. The average Bonchev–Trinajstić information content (AvgIpc) is 2.25. The normalized spacial score (nSPS) is 13.4. The second kappa shape index (κ2) is 6.66. The molecule has 1 aromatic carbocycles. The van der Waals surface area contributed by atoms with Crippen LogP contribution in [0.5, 0.6) is 0 Å². The van der Waals surface area contributed by atoms with Crippen LogP contribution in [0.4, 0.5) is 0 Å². The van der Waals surface area contributed by atoms with Crippen molar-refractivity contribution < 1.29 is 0 Å². The highest BCUT2D eigenvalue weighted by molar-refractivity contribution is 5.14. The molecule has 0 unspecified atom stereocenters. The third-order valence-corrected chi connectivity index (χ3v) is 2.78. The molecule has 0 fully saturated rings. The molecule has 1 atom stereocenters. The predicted molar refractivity (Wildman–Crippen MR) is 70.5 cm³/mol. The van der Waals surface area contributed by atoms with Crippen LogP contribution in [0.1, 0.15) is 26.3 Å². The van der Waals surface area contributed by atoms with Crippen molar-refractivity contribution in [3.8, 4) is 0 Å². The van der Waals surface area contributed by atoms with Crippen LogP contribution in [0.25, 0.3) is 0 Å². The highest BCUT2D eigenvalue weighted by atomic mass is 15.2. The Kier molecular flexibility index (Phi) is 5.50. The van der Waals surface area contributed by atoms with Gasteiger partial charge in [0.15, 0.2) is 0 Å². The highest BCUT2D eigenvalue weighted by Gasteiger charge is 2.10. The zero-order valence-electron chi connectivity index (χ0n) is 10.7. The van der Waals surface area contributed by atoms with E-state index in [-0.39, 0.29) is 6.04 Å². The van der Waals surface area contributed by atoms with Crippen LogP contribution in [-0.2, 0) is 6.42 Å². The first kappa shape index (κ1) is 13.2. The van der Waals surface area contributed by atoms with Crippen molar-refractivity contribution in [3.05, 3.63) is 35.9 Å². The molecule has 90 valence electrons. The van der Waals surface area contributed by atoms with Gasteiger partial charge in [-0.25, -0.2) is 0 Å². The fourth-order valence-corrected chi connectivity index (χ4v) is 1.85. The SMILES string of the molecule is CC(C)N(CCc1ccccc1)C[C@@H](C)N. The molecule has 1 rings (SSSR count). The summed E-state index contributed by atoms with van der Waals surface area (Å²) in [6.07, 6.45) is 1.10. The third kappa shape index (κ3) is 4.77. The summed E-state index contributed by atoms with van der Waals surface area (Å²) < 4.78 is 0. The quantitative estimate of drug-likeness (QED) is 0.797. The van der Waals surface area contributed by atoms with Gasteiger partial charge in [-0.3, -0.25) is 4.90 Å². The van der Waals surface area contributed by atoms with Crippen LogP contribution in [0, 0.1) is 0 Å². The van der Waals surface area contributed by atoms with Gasteiger partial charge in [0.2, 0.25) is 0 Å². The van der Waals surface area contributed by atoms with Crippen molar-refractivity contribution in [2.75, 3.05) is 13.1 Å². The average molecular weight is 220 g/mol. The minimum absolute atomic E-state index is 0.248. The Labute approximate surface area is 99.5 Å². The molecule has 2 nitrogen and oxygen atoms in total. The molecule has 0 aliphatic heterocycles. The van der Waals surface area contributed by atoms with Crippen molar-refractivity contribution in [2.24, 2.45) is 5.73 Å². The molecule has 0 radical (unpaired) electrons. The maximum absolute atomic E-state index is 5.86. The summed E-state index contributed by atoms with van der Waals surface area (Å²) in [4.78, 5) is 2.44. The molecule has 16 heavy (non-hydrogen) atoms. The van der Waals surface area contributed by atoms with Gasteiger partial charge in [0.05, 0.1) is 0 Å². The lowest BCUT2D eigenvalue weighted by Gasteiger charge is -2.28. The number of benzene rings is 1. The van der Waals surface area contributed by atoms with Crippen molar-refractivity contribution >= 4 is 0 Å². The summed E-state index contributed by atoms with van der Waals surface area (Å²) in [5, 5.41) is 0. The number of nitrogens with two attached hydrogens (primary N) is 1. The van der Waals surface area contributed by atoms with Crippen LogP contribution in [0.15, 0.2) is 30.3 Å². The smallest absolute Gasteiger partial charge is 0.0139 e. The Morgan fingerprint density at radius 1 is 1.12 bits per heavy atom. The Morgan fingerprint density at radius 3 is 2.25 bits per heavy atom. The summed E-state index contributed by atoms with van der Waals surface area (Å²) in [5.41, 5.74) is 7.26. The van der Waals surface area contributed by atoms with E-state index in [4.69, 9.17) is 5.73 Å². The molecule has 2 N–H and O–H groups in total. The maximum atomic E-state index is 5.86. The first-order valence-electron chi connectivity index (χ1n) is 6.13. The molecule has 0 spiro atoms. The molecule has 0 saturated carbocycles. The van der Waals surface area contributed by atoms with E-state index in [0.29, 0.717) is 6.04 Å². The van der Waals surface area contributed by atoms with Gasteiger partial charge in [0.25, 0.3) is 0 Å². The molecule has 0 heterocycles. The van der Waals surface area contributed by atoms with Crippen LogP contribution in [0.3, 0.4) is 0 Å². The van der Waals surface area contributed by atoms with Gasteiger partial charge in [-0.05, 0) is 32.8 Å². The molecular formula is C14H24N2. The fourth-order valence-electron chi connectivity index (χ4n) is 1.85. The first-order chi connectivity index (χ1) is 7.59. The first-order valence-corrected chi connectivity index (χ1v) is 6.13. The summed E-state index contributed by atoms with van der Waals surface area (Å²) in [6.45, 7) is 8.59. The monoisotopic (exact) mass is 220 g/mol. The lowest BCUT2D eigenvalue weighted by atomic mass is 10.1. The Morgan fingerprint density at radius 2 is 1.75 bits per heavy atom. The van der Waals surface area contributed by atoms with Crippen molar-refractivity contribution in [3.63, 3.8) is 0 Å². The van der Waals surface area contributed by atoms with Crippen LogP contribution >= 0.6 is 0 Å². The largest absolute Gasteiger partial charge is 0.327 e. The lowest BCUT2D eigenvalue weighted by molar-refractivity contribution is 0.214. The van der Waals surface area contributed by atoms with Crippen molar-refractivity contribution in [1.29, 1.82) is 0 Å². The third-order valence-electron chi connectivity index (χ3n) is 2.78. The zero-order chi connectivity index (χ0) is 12.0. The molecular weight excluding hydrogens is 196 g/mol. The molecule has 0 aliphatic carbocycles. The second-order valence-corrected chi connectivity index (χ2v) is 4.80. The van der Waals surface area contributed by atoms with Gasteiger partial charge < -0.3 is 5.73 Å². The van der Waals surface area contributed by atoms with Gasteiger partial charge in [-0.1, -0.05) is 30.3 Å². The van der Waals surface area contributed by atoms with E-state index in [1.807, 2.05) is 0 Å². The van der Waals surface area contributed by atoms with Crippen LogP contribution in [0.2, 0.25) is 0 Å². The maximum Gasteiger partial charge on any atom is 0.0139 e. The predicted octanol–water partition coefficient (Wildman–Crippen LogP) is 2.29. The fraction of sp³-hybridized carbons (Fsp3) is 0.571. The number of nitrogens with zero attached hydrogens (tertiary/aromatic N) is 1. The summed E-state index contributed by atoms with van der Waals surface area (Å²) in [7, 11) is 0. The summed E-state index contributed by atoms with van der Waals surface area (Å²) in [6, 6.07) is 11.4. The van der Waals surface area contributed by atoms with Gasteiger partial charge >= 0.3 is 0 Å². The molecule has 1 aromatic rings. The van der Waals surface area contributed by atoms with Crippen molar-refractivity contribution in [2.45, 2.75) is 39.3 Å². The lowest BCUT2D eigenvalue weighted by Crippen LogP contribution is -2.40. The standard InChI is InChI=1S/C14H24N2/c1-12(2)16(11-13(3)15)10-9-14-7-5-4-6-8-14/h4-8,12-13H,9-11,15H2,1-3H3/t13-/m1/s1. The summed E-state index contributed by atoms with van der Waals surface area (Å²) in [5.74, 6) is 0. The second-order valence-electron chi connectivity index (χ2n) is 4.80. The molecule has 0 saturated heterocycles. The van der Waals surface area contributed by atoms with E-state index >= 15 is 0 Å². The minimum Gasteiger partial charge on any atom is -0.327 e. The van der Waals surface area contributed by atoms with Gasteiger partial charge in [-0.15, -0.1) is 0 Å². The van der Waals surface area contributed by atoms with E-state index < -0.39 is 0 Å². The van der Waals surface area contributed by atoms with Gasteiger partial charge in [0.1, 0.15) is 0 Å². The van der Waals surface area contributed by atoms with E-state index in [2.05, 4.69) is 56.0 Å². The Bertz CT molecular complexity index is 280. The van der Waals surface area contributed by atoms with Crippen molar-refractivity contribution in [1.82, 2.24) is 4.90 Å². The molecule has 0 aromatic heterocycles. The van der Waals surface area contributed by atoms with E-state index in [9.17, 15) is 0 Å². The number of hydrogen-bond acceptors (Lipinski definition) is 2.